The molecule has 0 fully saturated rings. The summed E-state index contributed by atoms with van der Waals surface area (Å²) in [5.41, 5.74) is 8.54. The maximum absolute atomic E-state index is 14.1. The number of nitrogens with one attached hydrogen (secondary N) is 2. The van der Waals surface area contributed by atoms with Gasteiger partial charge < -0.3 is 21.1 Å². The maximum Gasteiger partial charge on any atom is 0.269 e. The van der Waals surface area contributed by atoms with Crippen molar-refractivity contribution < 1.29 is 13.9 Å². The van der Waals surface area contributed by atoms with E-state index in [0.717, 1.165) is 12.8 Å². The second kappa shape index (κ2) is 8.83. The fourth-order valence-electron chi connectivity index (χ4n) is 3.08. The highest BCUT2D eigenvalue weighted by Crippen LogP contribution is 2.25. The minimum absolute atomic E-state index is 0.152. The topological polar surface area (TPSA) is 115 Å². The fraction of sp³-hybridized carbons (Fsp3) is 0.238. The van der Waals surface area contributed by atoms with Crippen LogP contribution in [-0.2, 0) is 11.3 Å². The van der Waals surface area contributed by atoms with Gasteiger partial charge in [-0.1, -0.05) is 0 Å². The molecule has 154 valence electrons. The van der Waals surface area contributed by atoms with E-state index >= 15 is 0 Å². The molecular weight excluding hydrogens is 387 g/mol. The molecule has 3 aromatic rings. The molecule has 2 aromatic heterocycles. The molecule has 9 heteroatoms. The lowest BCUT2D eigenvalue weighted by molar-refractivity contribution is 0.0940. The molecule has 4 heterocycles. The molecular formula is C21H21FN6O2. The van der Waals surface area contributed by atoms with Crippen LogP contribution in [0, 0.1) is 5.82 Å². The summed E-state index contributed by atoms with van der Waals surface area (Å²) in [6, 6.07) is 9.68. The first-order valence-corrected chi connectivity index (χ1v) is 9.61. The zero-order chi connectivity index (χ0) is 20.9. The van der Waals surface area contributed by atoms with Crippen molar-refractivity contribution in [1.82, 2.24) is 20.3 Å². The van der Waals surface area contributed by atoms with Crippen LogP contribution in [0.5, 0.6) is 0 Å². The fourth-order valence-corrected chi connectivity index (χ4v) is 3.08. The molecule has 5 rings (SSSR count). The second-order valence-corrected chi connectivity index (χ2v) is 6.84. The third-order valence-corrected chi connectivity index (χ3v) is 4.65. The molecule has 30 heavy (non-hydrogen) atoms. The minimum atomic E-state index is -0.341. The van der Waals surface area contributed by atoms with Gasteiger partial charge in [-0.2, -0.15) is 0 Å². The van der Waals surface area contributed by atoms with Crippen LogP contribution in [0.4, 0.5) is 21.8 Å². The molecule has 0 saturated carbocycles. The summed E-state index contributed by atoms with van der Waals surface area (Å²) >= 11 is 0. The highest BCUT2D eigenvalue weighted by atomic mass is 19.1. The molecule has 0 radical (unpaired) electrons. The van der Waals surface area contributed by atoms with E-state index in [1.807, 2.05) is 0 Å². The van der Waals surface area contributed by atoms with E-state index in [4.69, 9.17) is 10.5 Å². The van der Waals surface area contributed by atoms with E-state index in [1.54, 1.807) is 36.5 Å². The van der Waals surface area contributed by atoms with Gasteiger partial charge in [0.2, 0.25) is 5.95 Å². The van der Waals surface area contributed by atoms with E-state index in [-0.39, 0.29) is 29.8 Å². The van der Waals surface area contributed by atoms with E-state index in [9.17, 15) is 9.18 Å². The number of pyridine rings is 1. The molecule has 2 aliphatic heterocycles. The number of carbonyl (C=O) groups is 1. The Hall–Kier alpha value is -3.59. The molecule has 6 bridgehead atoms. The number of nitrogens with zero attached hydrogens (tertiary/aromatic N) is 3. The SMILES string of the molecule is Nc1nc2ccc1-c1ccnc(n1)Nc1ccc(F)c(c1)COCCCCNC2=O. The standard InChI is InChI=1S/C21H21FN6O2/c22-16-5-3-14-11-13(16)12-30-10-2-1-8-24-20(29)18-6-4-15(19(23)27-18)17-7-9-25-21(26-14)28-17/h3-7,9,11H,1-2,8,10,12H2,(H2,23,27)(H,24,29)(H,25,26,28). The van der Waals surface area contributed by atoms with Gasteiger partial charge in [0.05, 0.1) is 12.3 Å². The molecule has 0 spiro atoms. The smallest absolute Gasteiger partial charge is 0.269 e. The molecule has 0 aliphatic carbocycles. The number of halogens is 1. The summed E-state index contributed by atoms with van der Waals surface area (Å²) in [7, 11) is 0. The van der Waals surface area contributed by atoms with Gasteiger partial charge in [0.15, 0.2) is 0 Å². The molecule has 0 saturated heterocycles. The van der Waals surface area contributed by atoms with Crippen molar-refractivity contribution in [3.8, 4) is 11.3 Å². The highest BCUT2D eigenvalue weighted by molar-refractivity contribution is 5.93. The molecule has 0 atom stereocenters. The van der Waals surface area contributed by atoms with Gasteiger partial charge in [0, 0.05) is 36.2 Å². The van der Waals surface area contributed by atoms with Gasteiger partial charge >= 0.3 is 0 Å². The lowest BCUT2D eigenvalue weighted by Crippen LogP contribution is -2.25. The Balaban J connectivity index is 1.69. The van der Waals surface area contributed by atoms with Crippen molar-refractivity contribution in [3.63, 3.8) is 0 Å². The van der Waals surface area contributed by atoms with Gasteiger partial charge in [0.25, 0.3) is 5.91 Å². The molecule has 8 nitrogen and oxygen atoms in total. The van der Waals surface area contributed by atoms with E-state index in [0.29, 0.717) is 41.6 Å². The summed E-state index contributed by atoms with van der Waals surface area (Å²) in [5, 5.41) is 5.88. The van der Waals surface area contributed by atoms with Crippen molar-refractivity contribution in [3.05, 3.63) is 59.7 Å². The minimum Gasteiger partial charge on any atom is -0.383 e. The van der Waals surface area contributed by atoms with Gasteiger partial charge in [-0.15, -0.1) is 0 Å². The van der Waals surface area contributed by atoms with E-state index < -0.39 is 0 Å². The van der Waals surface area contributed by atoms with Crippen LogP contribution in [0.15, 0.2) is 42.6 Å². The van der Waals surface area contributed by atoms with Crippen molar-refractivity contribution in [2.75, 3.05) is 24.2 Å². The highest BCUT2D eigenvalue weighted by Gasteiger charge is 2.13. The number of nitrogen functional groups attached to an aromatic ring is 1. The monoisotopic (exact) mass is 408 g/mol. The molecule has 4 N–H and O–H groups in total. The lowest BCUT2D eigenvalue weighted by atomic mass is 10.1. The first-order valence-electron chi connectivity index (χ1n) is 9.61. The van der Waals surface area contributed by atoms with Gasteiger partial charge in [0.1, 0.15) is 17.3 Å². The Bertz CT molecular complexity index is 1080. The first-order chi connectivity index (χ1) is 14.6. The van der Waals surface area contributed by atoms with E-state index in [1.165, 1.54) is 6.07 Å². The third-order valence-electron chi connectivity index (χ3n) is 4.65. The second-order valence-electron chi connectivity index (χ2n) is 6.84. The Morgan fingerprint density at radius 3 is 2.83 bits per heavy atom. The molecule has 2 aliphatic rings. The first kappa shape index (κ1) is 19.7. The zero-order valence-corrected chi connectivity index (χ0v) is 16.2. The van der Waals surface area contributed by atoms with Crippen LogP contribution in [0.25, 0.3) is 11.3 Å². The van der Waals surface area contributed by atoms with Crippen LogP contribution in [0.3, 0.4) is 0 Å². The number of benzene rings is 1. The van der Waals surface area contributed by atoms with Crippen LogP contribution < -0.4 is 16.4 Å². The number of hydrogen-bond donors (Lipinski definition) is 3. The average molecular weight is 408 g/mol. The summed E-state index contributed by atoms with van der Waals surface area (Å²) in [6.07, 6.45) is 3.04. The number of anilines is 3. The van der Waals surface area contributed by atoms with Crippen molar-refractivity contribution >= 4 is 23.4 Å². The van der Waals surface area contributed by atoms with E-state index in [2.05, 4.69) is 25.6 Å². The van der Waals surface area contributed by atoms with Crippen LogP contribution in [-0.4, -0.2) is 34.0 Å². The lowest BCUT2D eigenvalue weighted by Gasteiger charge is -2.10. The Kier molecular flexibility index (Phi) is 5.80. The summed E-state index contributed by atoms with van der Waals surface area (Å²) < 4.78 is 19.7. The van der Waals surface area contributed by atoms with Crippen LogP contribution in [0.2, 0.25) is 0 Å². The molecule has 0 unspecified atom stereocenters. The number of rotatable bonds is 0. The van der Waals surface area contributed by atoms with Crippen LogP contribution >= 0.6 is 0 Å². The normalized spacial score (nSPS) is 14.8. The van der Waals surface area contributed by atoms with Crippen molar-refractivity contribution in [2.45, 2.75) is 19.4 Å². The van der Waals surface area contributed by atoms with Gasteiger partial charge in [-0.25, -0.2) is 19.3 Å². The Labute approximate surface area is 172 Å². The van der Waals surface area contributed by atoms with Crippen LogP contribution in [0.1, 0.15) is 28.9 Å². The predicted octanol–water partition coefficient (Wildman–Crippen LogP) is 3.04. The zero-order valence-electron chi connectivity index (χ0n) is 16.2. The number of carbonyl (C=O) groups excluding carboxylic acids is 1. The summed E-state index contributed by atoms with van der Waals surface area (Å²) in [4.78, 5) is 25.2. The summed E-state index contributed by atoms with van der Waals surface area (Å²) in [5.74, 6) is -0.116. The Morgan fingerprint density at radius 2 is 1.97 bits per heavy atom. The average Bonchev–Trinajstić information content (AvgIpc) is 2.74. The largest absolute Gasteiger partial charge is 0.383 e. The number of hydrogen-bond acceptors (Lipinski definition) is 7. The molecule has 1 amide bonds. The third kappa shape index (κ3) is 4.52. The number of nitrogens with two attached hydrogens (primary N) is 1. The quantitative estimate of drug-likeness (QED) is 0.524. The number of fused-ring (bicyclic) bond motifs is 9. The predicted molar refractivity (Wildman–Crippen MR) is 111 cm³/mol. The van der Waals surface area contributed by atoms with Gasteiger partial charge in [-0.3, -0.25) is 4.79 Å². The maximum atomic E-state index is 14.1. The van der Waals surface area contributed by atoms with Crippen molar-refractivity contribution in [2.24, 2.45) is 0 Å². The van der Waals surface area contributed by atoms with Crippen molar-refractivity contribution in [1.29, 1.82) is 0 Å². The molecule has 1 aromatic carbocycles. The number of amides is 1. The number of ether oxygens (including phenoxy) is 1. The summed E-state index contributed by atoms with van der Waals surface area (Å²) in [6.45, 7) is 1.09. The van der Waals surface area contributed by atoms with Gasteiger partial charge in [-0.05, 0) is 49.2 Å². The Morgan fingerprint density at radius 1 is 1.07 bits per heavy atom. The number of aromatic nitrogens is 3.